The van der Waals surface area contributed by atoms with E-state index in [1.165, 1.54) is 4.90 Å². The Morgan fingerprint density at radius 1 is 1.53 bits per heavy atom. The van der Waals surface area contributed by atoms with E-state index in [-0.39, 0.29) is 17.7 Å². The number of hydrogen-bond donors (Lipinski definition) is 2. The lowest BCUT2D eigenvalue weighted by Crippen LogP contribution is -2.27. The monoisotopic (exact) mass is 261 g/mol. The van der Waals surface area contributed by atoms with Crippen LogP contribution in [0.15, 0.2) is 24.3 Å². The van der Waals surface area contributed by atoms with Gasteiger partial charge in [-0.15, -0.1) is 5.10 Å². The van der Waals surface area contributed by atoms with Crippen molar-refractivity contribution in [3.8, 4) is 5.75 Å². The van der Waals surface area contributed by atoms with Crippen LogP contribution in [0.1, 0.15) is 16.2 Å². The van der Waals surface area contributed by atoms with Crippen molar-refractivity contribution in [2.75, 3.05) is 19.9 Å². The van der Waals surface area contributed by atoms with Crippen molar-refractivity contribution in [1.29, 1.82) is 0 Å². The number of aromatic amines is 1. The molecule has 1 aromatic carbocycles. The molecule has 1 heterocycles. The first-order chi connectivity index (χ1) is 9.10. The molecule has 0 spiro atoms. The number of carbonyl (C=O) groups is 1. The minimum absolute atomic E-state index is 0.0538. The number of ether oxygens (including phenoxy) is 1. The number of nitrogens with one attached hydrogen (secondary N) is 1. The zero-order chi connectivity index (χ0) is 13.8. The molecule has 0 atom stereocenters. The van der Waals surface area contributed by atoms with Gasteiger partial charge in [-0.1, -0.05) is 12.1 Å². The summed E-state index contributed by atoms with van der Waals surface area (Å²) < 4.78 is 5.14. The van der Waals surface area contributed by atoms with Gasteiger partial charge in [-0.05, 0) is 17.7 Å². The fraction of sp³-hybridized carbons (Fsp3) is 0.250. The van der Waals surface area contributed by atoms with Gasteiger partial charge in [-0.25, -0.2) is 0 Å². The molecule has 0 aliphatic rings. The molecule has 1 amide bonds. The van der Waals surface area contributed by atoms with Crippen LogP contribution in [0.2, 0.25) is 0 Å². The molecule has 0 bridgehead atoms. The van der Waals surface area contributed by atoms with Crippen LogP contribution in [0.25, 0.3) is 0 Å². The summed E-state index contributed by atoms with van der Waals surface area (Å²) in [5.74, 6) is 0.662. The van der Waals surface area contributed by atoms with Crippen LogP contribution in [0.5, 0.6) is 5.75 Å². The molecule has 0 saturated heterocycles. The second-order valence-electron chi connectivity index (χ2n) is 4.05. The highest BCUT2D eigenvalue weighted by atomic mass is 16.5. The van der Waals surface area contributed by atoms with Gasteiger partial charge in [-0.2, -0.15) is 4.98 Å². The standard InChI is InChI=1S/C12H15N5O2/c1-17(11(18)10-14-12(13)16-15-10)7-8-4-3-5-9(6-8)19-2/h3-6H,7H2,1-2H3,(H3,13,14,15,16). The maximum Gasteiger partial charge on any atom is 0.291 e. The number of hydrogen-bond acceptors (Lipinski definition) is 5. The Hall–Kier alpha value is -2.57. The predicted molar refractivity (Wildman–Crippen MR) is 69.6 cm³/mol. The van der Waals surface area contributed by atoms with Gasteiger partial charge in [0, 0.05) is 13.6 Å². The van der Waals surface area contributed by atoms with E-state index in [0.717, 1.165) is 11.3 Å². The lowest BCUT2D eigenvalue weighted by atomic mass is 10.2. The zero-order valence-electron chi connectivity index (χ0n) is 10.8. The molecule has 2 rings (SSSR count). The van der Waals surface area contributed by atoms with Gasteiger partial charge in [0.15, 0.2) is 0 Å². The molecule has 0 aliphatic carbocycles. The number of benzene rings is 1. The molecular formula is C12H15N5O2. The molecule has 7 nitrogen and oxygen atoms in total. The molecule has 1 aromatic heterocycles. The highest BCUT2D eigenvalue weighted by Gasteiger charge is 2.16. The van der Waals surface area contributed by atoms with E-state index in [9.17, 15) is 4.79 Å². The molecule has 100 valence electrons. The van der Waals surface area contributed by atoms with Crippen molar-refractivity contribution in [2.45, 2.75) is 6.54 Å². The first-order valence-electron chi connectivity index (χ1n) is 5.66. The van der Waals surface area contributed by atoms with E-state index in [2.05, 4.69) is 15.2 Å². The summed E-state index contributed by atoms with van der Waals surface area (Å²) in [6, 6.07) is 7.51. The third-order valence-electron chi connectivity index (χ3n) is 2.61. The Bertz CT molecular complexity index is 581. The molecule has 3 N–H and O–H groups in total. The van der Waals surface area contributed by atoms with E-state index in [1.54, 1.807) is 14.2 Å². The molecule has 0 fully saturated rings. The summed E-state index contributed by atoms with van der Waals surface area (Å²) in [6.07, 6.45) is 0. The first-order valence-corrected chi connectivity index (χ1v) is 5.66. The normalized spacial score (nSPS) is 10.2. The van der Waals surface area contributed by atoms with Gasteiger partial charge in [0.25, 0.3) is 5.91 Å². The number of nitrogens with two attached hydrogens (primary N) is 1. The van der Waals surface area contributed by atoms with Gasteiger partial charge >= 0.3 is 0 Å². The number of amides is 1. The first kappa shape index (κ1) is 12.9. The number of aromatic nitrogens is 3. The maximum absolute atomic E-state index is 12.0. The zero-order valence-corrected chi connectivity index (χ0v) is 10.8. The summed E-state index contributed by atoms with van der Waals surface area (Å²) in [6.45, 7) is 0.441. The van der Waals surface area contributed by atoms with Crippen molar-refractivity contribution in [3.63, 3.8) is 0 Å². The van der Waals surface area contributed by atoms with Crippen LogP contribution in [0, 0.1) is 0 Å². The average Bonchev–Trinajstić information content (AvgIpc) is 2.84. The number of nitrogen functional groups attached to an aromatic ring is 1. The molecule has 0 saturated carbocycles. The van der Waals surface area contributed by atoms with Crippen molar-refractivity contribution in [2.24, 2.45) is 0 Å². The summed E-state index contributed by atoms with van der Waals surface area (Å²) in [4.78, 5) is 17.3. The van der Waals surface area contributed by atoms with Crippen LogP contribution >= 0.6 is 0 Å². The second kappa shape index (κ2) is 5.38. The Morgan fingerprint density at radius 3 is 2.95 bits per heavy atom. The van der Waals surface area contributed by atoms with Crippen molar-refractivity contribution < 1.29 is 9.53 Å². The fourth-order valence-corrected chi connectivity index (χ4v) is 1.67. The highest BCUT2D eigenvalue weighted by Crippen LogP contribution is 2.14. The smallest absolute Gasteiger partial charge is 0.291 e. The van der Waals surface area contributed by atoms with Crippen molar-refractivity contribution in [3.05, 3.63) is 35.7 Å². The number of nitrogens with zero attached hydrogens (tertiary/aromatic N) is 3. The van der Waals surface area contributed by atoms with Crippen LogP contribution in [-0.4, -0.2) is 40.1 Å². The number of carbonyl (C=O) groups excluding carboxylic acids is 1. The molecule has 2 aromatic rings. The van der Waals surface area contributed by atoms with Crippen LogP contribution in [0.4, 0.5) is 5.95 Å². The lowest BCUT2D eigenvalue weighted by Gasteiger charge is -2.15. The van der Waals surface area contributed by atoms with E-state index in [1.807, 2.05) is 24.3 Å². The van der Waals surface area contributed by atoms with E-state index in [4.69, 9.17) is 10.5 Å². The summed E-state index contributed by atoms with van der Waals surface area (Å²) in [7, 11) is 3.28. The average molecular weight is 261 g/mol. The SMILES string of the molecule is COc1cccc(CN(C)C(=O)c2nc(N)n[nH]2)c1. The Balaban J connectivity index is 2.07. The topological polar surface area (TPSA) is 97.1 Å². The van der Waals surface area contributed by atoms with E-state index >= 15 is 0 Å². The highest BCUT2D eigenvalue weighted by molar-refractivity contribution is 5.90. The third kappa shape index (κ3) is 3.01. The number of H-pyrrole nitrogens is 1. The van der Waals surface area contributed by atoms with E-state index < -0.39 is 0 Å². The molecule has 7 heteroatoms. The lowest BCUT2D eigenvalue weighted by molar-refractivity contribution is 0.0773. The van der Waals surface area contributed by atoms with Crippen LogP contribution in [0.3, 0.4) is 0 Å². The quantitative estimate of drug-likeness (QED) is 0.843. The molecule has 0 radical (unpaired) electrons. The minimum atomic E-state index is -0.271. The number of anilines is 1. The summed E-state index contributed by atoms with van der Waals surface area (Å²) in [5, 5.41) is 6.12. The number of rotatable bonds is 4. The van der Waals surface area contributed by atoms with E-state index in [0.29, 0.717) is 6.54 Å². The van der Waals surface area contributed by atoms with Crippen molar-refractivity contribution >= 4 is 11.9 Å². The Labute approximate surface area is 110 Å². The summed E-state index contributed by atoms with van der Waals surface area (Å²) >= 11 is 0. The van der Waals surface area contributed by atoms with Gasteiger partial charge < -0.3 is 15.4 Å². The van der Waals surface area contributed by atoms with Gasteiger partial charge in [0.1, 0.15) is 5.75 Å². The van der Waals surface area contributed by atoms with Crippen LogP contribution in [-0.2, 0) is 6.54 Å². The molecular weight excluding hydrogens is 246 g/mol. The second-order valence-corrected chi connectivity index (χ2v) is 4.05. The van der Waals surface area contributed by atoms with Gasteiger partial charge in [0.05, 0.1) is 7.11 Å². The maximum atomic E-state index is 12.0. The molecule has 0 unspecified atom stereocenters. The molecule has 19 heavy (non-hydrogen) atoms. The van der Waals surface area contributed by atoms with Crippen molar-refractivity contribution in [1.82, 2.24) is 20.1 Å². The Morgan fingerprint density at radius 2 is 2.32 bits per heavy atom. The Kier molecular flexibility index (Phi) is 3.65. The number of methoxy groups -OCH3 is 1. The fourth-order valence-electron chi connectivity index (χ4n) is 1.67. The summed E-state index contributed by atoms with van der Waals surface area (Å²) in [5.41, 5.74) is 6.33. The van der Waals surface area contributed by atoms with Crippen LogP contribution < -0.4 is 10.5 Å². The third-order valence-corrected chi connectivity index (χ3v) is 2.61. The predicted octanol–water partition coefficient (Wildman–Crippen LogP) is 0.668. The van der Waals surface area contributed by atoms with Gasteiger partial charge in [0.2, 0.25) is 11.8 Å². The largest absolute Gasteiger partial charge is 0.497 e. The molecule has 0 aliphatic heterocycles. The van der Waals surface area contributed by atoms with Gasteiger partial charge in [-0.3, -0.25) is 9.89 Å². The minimum Gasteiger partial charge on any atom is -0.497 e.